The number of aryl methyl sites for hydroxylation is 1. The van der Waals surface area contributed by atoms with Gasteiger partial charge in [-0.2, -0.15) is 0 Å². The van der Waals surface area contributed by atoms with Crippen molar-refractivity contribution in [3.05, 3.63) is 53.2 Å². The summed E-state index contributed by atoms with van der Waals surface area (Å²) in [7, 11) is 0. The minimum atomic E-state index is -0.205. The molecule has 25 heavy (non-hydrogen) atoms. The molecule has 0 aromatic carbocycles. The number of pyridine rings is 1. The van der Waals surface area contributed by atoms with Crippen molar-refractivity contribution in [3.8, 4) is 0 Å². The van der Waals surface area contributed by atoms with Crippen molar-refractivity contribution in [3.63, 3.8) is 0 Å². The van der Waals surface area contributed by atoms with Crippen LogP contribution in [-0.4, -0.2) is 46.4 Å². The number of aliphatic hydroxyl groups is 1. The first-order valence-electron chi connectivity index (χ1n) is 8.26. The first-order valence-corrected chi connectivity index (χ1v) is 8.26. The third-order valence-electron chi connectivity index (χ3n) is 4.32. The molecule has 2 N–H and O–H groups in total. The van der Waals surface area contributed by atoms with E-state index in [1.807, 2.05) is 0 Å². The molecular formula is C18H21N3O4. The van der Waals surface area contributed by atoms with Gasteiger partial charge in [-0.15, -0.1) is 0 Å². The summed E-state index contributed by atoms with van der Waals surface area (Å²) in [6.07, 6.45) is 2.34. The molecule has 3 rings (SSSR count). The Bertz CT molecular complexity index is 771. The highest BCUT2D eigenvalue weighted by Gasteiger charge is 2.28. The maximum Gasteiger partial charge on any atom is 0.289 e. The second-order valence-electron chi connectivity index (χ2n) is 6.22. The Hall–Kier alpha value is -2.67. The van der Waals surface area contributed by atoms with Gasteiger partial charge < -0.3 is 19.7 Å². The number of carbonyl (C=O) groups excluding carboxylic acids is 2. The lowest BCUT2D eigenvalue weighted by molar-refractivity contribution is 0.0754. The highest BCUT2D eigenvalue weighted by molar-refractivity contribution is 5.94. The second-order valence-corrected chi connectivity index (χ2v) is 6.22. The van der Waals surface area contributed by atoms with Crippen LogP contribution >= 0.6 is 0 Å². The number of hydrogen-bond donors (Lipinski definition) is 2. The Morgan fingerprint density at radius 3 is 2.96 bits per heavy atom. The van der Waals surface area contributed by atoms with E-state index in [2.05, 4.69) is 10.3 Å². The first kappa shape index (κ1) is 17.2. The first-order chi connectivity index (χ1) is 12.1. The lowest BCUT2D eigenvalue weighted by Crippen LogP contribution is -2.33. The predicted molar refractivity (Wildman–Crippen MR) is 89.9 cm³/mol. The molecule has 1 fully saturated rings. The molecule has 132 valence electrons. The summed E-state index contributed by atoms with van der Waals surface area (Å²) in [5, 5.41) is 12.0. The van der Waals surface area contributed by atoms with Gasteiger partial charge >= 0.3 is 0 Å². The van der Waals surface area contributed by atoms with Gasteiger partial charge in [0.25, 0.3) is 11.8 Å². The molecule has 0 aliphatic carbocycles. The van der Waals surface area contributed by atoms with Crippen LogP contribution in [0.5, 0.6) is 0 Å². The molecule has 2 aromatic rings. The number of nitrogens with one attached hydrogen (secondary N) is 1. The summed E-state index contributed by atoms with van der Waals surface area (Å²) in [5.41, 5.74) is 0.926. The third kappa shape index (κ3) is 4.06. The zero-order chi connectivity index (χ0) is 17.8. The van der Waals surface area contributed by atoms with Crippen LogP contribution < -0.4 is 5.32 Å². The lowest BCUT2D eigenvalue weighted by Gasteiger charge is -2.15. The topological polar surface area (TPSA) is 95.7 Å². The number of carbonyl (C=O) groups is 2. The van der Waals surface area contributed by atoms with Crippen molar-refractivity contribution in [2.75, 3.05) is 19.6 Å². The Morgan fingerprint density at radius 1 is 1.40 bits per heavy atom. The van der Waals surface area contributed by atoms with E-state index in [1.54, 1.807) is 36.1 Å². The van der Waals surface area contributed by atoms with Gasteiger partial charge in [-0.3, -0.25) is 14.6 Å². The number of amides is 2. The molecule has 1 aliphatic rings. The van der Waals surface area contributed by atoms with Crippen LogP contribution in [0, 0.1) is 12.8 Å². The Balaban J connectivity index is 1.51. The molecule has 1 saturated heterocycles. The molecule has 0 bridgehead atoms. The van der Waals surface area contributed by atoms with E-state index in [0.717, 1.165) is 6.42 Å². The Kier molecular flexibility index (Phi) is 5.14. The van der Waals surface area contributed by atoms with Crippen molar-refractivity contribution in [2.24, 2.45) is 5.92 Å². The van der Waals surface area contributed by atoms with Crippen molar-refractivity contribution in [1.29, 1.82) is 0 Å². The molecule has 0 spiro atoms. The van der Waals surface area contributed by atoms with E-state index in [1.165, 1.54) is 6.20 Å². The van der Waals surface area contributed by atoms with Gasteiger partial charge in [-0.1, -0.05) is 0 Å². The van der Waals surface area contributed by atoms with Crippen molar-refractivity contribution < 1.29 is 19.1 Å². The monoisotopic (exact) mass is 343 g/mol. The van der Waals surface area contributed by atoms with Gasteiger partial charge in [0.1, 0.15) is 5.76 Å². The van der Waals surface area contributed by atoms with E-state index in [4.69, 9.17) is 9.52 Å². The van der Waals surface area contributed by atoms with E-state index >= 15 is 0 Å². The van der Waals surface area contributed by atoms with Gasteiger partial charge in [-0.05, 0) is 43.5 Å². The van der Waals surface area contributed by atoms with E-state index in [0.29, 0.717) is 42.4 Å². The molecule has 7 heteroatoms. The fraction of sp³-hybridized carbons (Fsp3) is 0.389. The maximum atomic E-state index is 12.4. The van der Waals surface area contributed by atoms with E-state index in [9.17, 15) is 9.59 Å². The highest BCUT2D eigenvalue weighted by Crippen LogP contribution is 2.19. The summed E-state index contributed by atoms with van der Waals surface area (Å²) in [6, 6.07) is 6.64. The highest BCUT2D eigenvalue weighted by atomic mass is 16.3. The summed E-state index contributed by atoms with van der Waals surface area (Å²) < 4.78 is 5.38. The third-order valence-corrected chi connectivity index (χ3v) is 4.32. The second kappa shape index (κ2) is 7.48. The molecule has 2 aromatic heterocycles. The lowest BCUT2D eigenvalue weighted by atomic mass is 10.1. The predicted octanol–water partition coefficient (Wildman–Crippen LogP) is 1.37. The number of furan rings is 1. The quantitative estimate of drug-likeness (QED) is 0.855. The summed E-state index contributed by atoms with van der Waals surface area (Å²) in [4.78, 5) is 30.3. The van der Waals surface area contributed by atoms with E-state index < -0.39 is 0 Å². The Morgan fingerprint density at radius 2 is 2.24 bits per heavy atom. The fourth-order valence-corrected chi connectivity index (χ4v) is 2.93. The van der Waals surface area contributed by atoms with Crippen molar-refractivity contribution in [2.45, 2.75) is 20.0 Å². The smallest absolute Gasteiger partial charge is 0.289 e. The summed E-state index contributed by atoms with van der Waals surface area (Å²) >= 11 is 0. The average Bonchev–Trinajstić information content (AvgIpc) is 3.28. The number of aliphatic hydroxyl groups excluding tert-OH is 1. The molecule has 0 unspecified atom stereocenters. The van der Waals surface area contributed by atoms with Crippen molar-refractivity contribution in [1.82, 2.24) is 15.2 Å². The fourth-order valence-electron chi connectivity index (χ4n) is 2.93. The van der Waals surface area contributed by atoms with Crippen LogP contribution in [0.3, 0.4) is 0 Å². The average molecular weight is 343 g/mol. The molecule has 0 saturated carbocycles. The molecular weight excluding hydrogens is 322 g/mol. The normalized spacial score (nSPS) is 16.9. The van der Waals surface area contributed by atoms with Crippen molar-refractivity contribution >= 4 is 11.8 Å². The molecule has 2 amide bonds. The number of likely N-dealkylation sites (tertiary alicyclic amines) is 1. The molecule has 3 heterocycles. The minimum Gasteiger partial charge on any atom is -0.456 e. The summed E-state index contributed by atoms with van der Waals surface area (Å²) in [5.74, 6) is 0.969. The number of rotatable bonds is 5. The van der Waals surface area contributed by atoms with Crippen LogP contribution in [0.15, 0.2) is 34.9 Å². The number of aromatic nitrogens is 1. The number of nitrogens with zero attached hydrogens (tertiary/aromatic N) is 2. The van der Waals surface area contributed by atoms with Crippen LogP contribution in [0.1, 0.15) is 38.8 Å². The molecule has 1 aliphatic heterocycles. The zero-order valence-electron chi connectivity index (χ0n) is 14.1. The molecule has 0 radical (unpaired) electrons. The zero-order valence-corrected chi connectivity index (χ0v) is 14.1. The van der Waals surface area contributed by atoms with Gasteiger partial charge in [0, 0.05) is 31.4 Å². The van der Waals surface area contributed by atoms with Crippen LogP contribution in [-0.2, 0) is 6.61 Å². The summed E-state index contributed by atoms with van der Waals surface area (Å²) in [6.45, 7) is 3.35. The number of hydrogen-bond acceptors (Lipinski definition) is 5. The molecule has 7 nitrogen and oxygen atoms in total. The van der Waals surface area contributed by atoms with Crippen LogP contribution in [0.4, 0.5) is 0 Å². The van der Waals surface area contributed by atoms with Gasteiger partial charge in [0.15, 0.2) is 5.76 Å². The minimum absolute atomic E-state index is 0.108. The van der Waals surface area contributed by atoms with E-state index in [-0.39, 0.29) is 24.3 Å². The largest absolute Gasteiger partial charge is 0.456 e. The van der Waals surface area contributed by atoms with Gasteiger partial charge in [0.2, 0.25) is 0 Å². The van der Waals surface area contributed by atoms with Crippen LogP contribution in [0.2, 0.25) is 0 Å². The standard InChI is InChI=1S/C18H21N3O4/c1-12-2-3-16(25-12)18(24)21-7-5-13(10-21)9-20-17(23)14-4-6-19-15(8-14)11-22/h2-4,6,8,13,22H,5,7,9-11H2,1H3,(H,20,23)/t13-/m1/s1. The van der Waals surface area contributed by atoms with Gasteiger partial charge in [0.05, 0.1) is 12.3 Å². The van der Waals surface area contributed by atoms with Gasteiger partial charge in [-0.25, -0.2) is 0 Å². The Labute approximate surface area is 145 Å². The molecule has 1 atom stereocenters. The SMILES string of the molecule is Cc1ccc(C(=O)N2CC[C@H](CNC(=O)c3ccnc(CO)c3)C2)o1. The van der Waals surface area contributed by atoms with Crippen LogP contribution in [0.25, 0.3) is 0 Å². The maximum absolute atomic E-state index is 12.4.